The Balaban J connectivity index is 1.36. The molecule has 0 aliphatic carbocycles. The van der Waals surface area contributed by atoms with Crippen molar-refractivity contribution in [2.24, 2.45) is 5.92 Å². The molecule has 10 nitrogen and oxygen atoms in total. The zero-order valence-electron chi connectivity index (χ0n) is 24.9. The highest BCUT2D eigenvalue weighted by atomic mass is 16.6. The van der Waals surface area contributed by atoms with Gasteiger partial charge in [0.2, 0.25) is 5.95 Å². The van der Waals surface area contributed by atoms with Crippen LogP contribution in [0, 0.1) is 5.92 Å². The average molecular weight is 560 g/mol. The van der Waals surface area contributed by atoms with E-state index in [-0.39, 0.29) is 29.2 Å². The van der Waals surface area contributed by atoms with Gasteiger partial charge in [0, 0.05) is 29.4 Å². The third-order valence-electron chi connectivity index (χ3n) is 9.02. The van der Waals surface area contributed by atoms with Gasteiger partial charge in [-0.25, -0.2) is 14.8 Å². The van der Waals surface area contributed by atoms with Crippen molar-refractivity contribution in [2.75, 3.05) is 41.4 Å². The molecule has 2 N–H and O–H groups in total. The second-order valence-electron chi connectivity index (χ2n) is 12.7. The molecule has 10 heteroatoms. The minimum absolute atomic E-state index is 0.0544. The Morgan fingerprint density at radius 2 is 1.93 bits per heavy atom. The standard InChI is InChI=1S/C31H41N7O3/c1-19(22-12-13-32-15-22)10-11-20(2)34-28-33-16-23-27(36-28)38(24-14-30(4,5)41-18-31(23,24)6)26-9-7-8-25(35-26)37-21(3)17-40-29(37)39/h7-11,16,21-22,24,32H,12-15,17-18H2,1-6H3,(H,33,34,36)/b19-10+,20-11+/t21-,22+,24+,31+/m0/s1. The number of amides is 1. The summed E-state index contributed by atoms with van der Waals surface area (Å²) < 4.78 is 11.6. The van der Waals surface area contributed by atoms with E-state index >= 15 is 0 Å². The molecular formula is C31H41N7O3. The van der Waals surface area contributed by atoms with Gasteiger partial charge in [-0.1, -0.05) is 24.6 Å². The van der Waals surface area contributed by atoms with Crippen molar-refractivity contribution in [1.29, 1.82) is 0 Å². The minimum Gasteiger partial charge on any atom is -0.447 e. The van der Waals surface area contributed by atoms with Gasteiger partial charge in [0.05, 0.1) is 24.3 Å². The van der Waals surface area contributed by atoms with E-state index in [0.29, 0.717) is 30.9 Å². The van der Waals surface area contributed by atoms with Crippen LogP contribution in [0.15, 0.2) is 47.8 Å². The van der Waals surface area contributed by atoms with Crippen LogP contribution in [0.2, 0.25) is 0 Å². The first kappa shape index (κ1) is 27.7. The molecule has 6 rings (SSSR count). The van der Waals surface area contributed by atoms with Crippen molar-refractivity contribution in [2.45, 2.75) is 77.5 Å². The van der Waals surface area contributed by atoms with E-state index in [1.54, 1.807) is 4.90 Å². The van der Waals surface area contributed by atoms with Crippen molar-refractivity contribution in [1.82, 2.24) is 20.3 Å². The van der Waals surface area contributed by atoms with Gasteiger partial charge in [0.25, 0.3) is 0 Å². The highest BCUT2D eigenvalue weighted by molar-refractivity contribution is 5.89. The zero-order chi connectivity index (χ0) is 28.9. The van der Waals surface area contributed by atoms with Crippen molar-refractivity contribution in [3.63, 3.8) is 0 Å². The van der Waals surface area contributed by atoms with Gasteiger partial charge in [-0.2, -0.15) is 4.98 Å². The molecule has 0 spiro atoms. The maximum atomic E-state index is 12.5. The van der Waals surface area contributed by atoms with Crippen molar-refractivity contribution < 1.29 is 14.3 Å². The smallest absolute Gasteiger partial charge is 0.415 e. The molecule has 0 bridgehead atoms. The Kier molecular flexibility index (Phi) is 7.02. The number of cyclic esters (lactones) is 1. The molecular weight excluding hydrogens is 518 g/mol. The summed E-state index contributed by atoms with van der Waals surface area (Å²) in [7, 11) is 0. The average Bonchev–Trinajstić information content (AvgIpc) is 3.65. The molecule has 3 fully saturated rings. The van der Waals surface area contributed by atoms with Crippen molar-refractivity contribution >= 4 is 29.5 Å². The number of nitrogens with zero attached hydrogens (tertiary/aromatic N) is 5. The first-order valence-corrected chi connectivity index (χ1v) is 14.6. The number of hydrogen-bond acceptors (Lipinski definition) is 9. The van der Waals surface area contributed by atoms with Gasteiger partial charge in [-0.15, -0.1) is 0 Å². The fraction of sp³-hybridized carbons (Fsp3) is 0.548. The van der Waals surface area contributed by atoms with E-state index in [4.69, 9.17) is 24.4 Å². The molecule has 4 aliphatic rings. The van der Waals surface area contributed by atoms with Gasteiger partial charge < -0.3 is 25.0 Å². The molecule has 0 aromatic carbocycles. The topological polar surface area (TPSA) is 105 Å². The number of carbonyl (C=O) groups excluding carboxylic acids is 1. The predicted octanol–water partition coefficient (Wildman–Crippen LogP) is 5.07. The fourth-order valence-corrected chi connectivity index (χ4v) is 6.43. The minimum atomic E-state index is -0.370. The number of fused-ring (bicyclic) bond motifs is 3. The van der Waals surface area contributed by atoms with Crippen LogP contribution in [0.3, 0.4) is 0 Å². The molecule has 1 amide bonds. The van der Waals surface area contributed by atoms with E-state index in [1.807, 2.05) is 38.2 Å². The first-order valence-electron chi connectivity index (χ1n) is 14.6. The van der Waals surface area contributed by atoms with Crippen LogP contribution in [0.25, 0.3) is 0 Å². The predicted molar refractivity (Wildman–Crippen MR) is 160 cm³/mol. The van der Waals surface area contributed by atoms with E-state index < -0.39 is 0 Å². The Bertz CT molecular complexity index is 1400. The molecule has 0 radical (unpaired) electrons. The third kappa shape index (κ3) is 5.08. The SMILES string of the molecule is C/C(=C\C=C(/C)[C@@H]1CCNC1)Nc1ncc2c(n1)N(c1cccc(N3C(=O)OC[C@@H]3C)n1)[C@@H]1CC(C)(C)OC[C@]21C. The number of carbonyl (C=O) groups is 1. The summed E-state index contributed by atoms with van der Waals surface area (Å²) in [5, 5.41) is 6.83. The Labute approximate surface area is 242 Å². The van der Waals surface area contributed by atoms with Crippen LogP contribution < -0.4 is 20.4 Å². The van der Waals surface area contributed by atoms with E-state index in [0.717, 1.165) is 42.4 Å². The Morgan fingerprint density at radius 3 is 2.63 bits per heavy atom. The summed E-state index contributed by atoms with van der Waals surface area (Å²) in [5.41, 5.74) is 2.76. The maximum absolute atomic E-state index is 12.5. The molecule has 4 atom stereocenters. The van der Waals surface area contributed by atoms with E-state index in [9.17, 15) is 4.79 Å². The number of pyridine rings is 1. The number of rotatable bonds is 6. The highest BCUT2D eigenvalue weighted by Crippen LogP contribution is 2.53. The fourth-order valence-electron chi connectivity index (χ4n) is 6.43. The van der Waals surface area contributed by atoms with Crippen LogP contribution in [-0.2, 0) is 14.9 Å². The number of nitrogens with one attached hydrogen (secondary N) is 2. The van der Waals surface area contributed by atoms with Gasteiger partial charge in [-0.3, -0.25) is 4.90 Å². The van der Waals surface area contributed by atoms with Gasteiger partial charge in [-0.05, 0) is 78.1 Å². The lowest BCUT2D eigenvalue weighted by Crippen LogP contribution is -2.54. The largest absolute Gasteiger partial charge is 0.447 e. The molecule has 41 heavy (non-hydrogen) atoms. The lowest BCUT2D eigenvalue weighted by atomic mass is 9.73. The molecule has 6 heterocycles. The van der Waals surface area contributed by atoms with Crippen LogP contribution in [0.5, 0.6) is 0 Å². The zero-order valence-corrected chi connectivity index (χ0v) is 24.9. The van der Waals surface area contributed by atoms with Gasteiger partial charge in [0.15, 0.2) is 0 Å². The summed E-state index contributed by atoms with van der Waals surface area (Å²) in [6, 6.07) is 5.75. The summed E-state index contributed by atoms with van der Waals surface area (Å²) in [5.74, 6) is 3.25. The number of allylic oxidation sites excluding steroid dienone is 3. The molecule has 218 valence electrons. The Morgan fingerprint density at radius 1 is 1.15 bits per heavy atom. The van der Waals surface area contributed by atoms with Gasteiger partial charge >= 0.3 is 6.09 Å². The summed E-state index contributed by atoms with van der Waals surface area (Å²) in [4.78, 5) is 31.1. The Hall–Kier alpha value is -3.50. The maximum Gasteiger partial charge on any atom is 0.415 e. The number of hydrogen-bond donors (Lipinski definition) is 2. The van der Waals surface area contributed by atoms with Gasteiger partial charge in [0.1, 0.15) is 24.1 Å². The lowest BCUT2D eigenvalue weighted by molar-refractivity contribution is -0.0893. The lowest BCUT2D eigenvalue weighted by Gasteiger charge is -2.46. The van der Waals surface area contributed by atoms with Crippen LogP contribution in [0.1, 0.15) is 59.9 Å². The highest BCUT2D eigenvalue weighted by Gasteiger charge is 2.55. The van der Waals surface area contributed by atoms with E-state index in [2.05, 4.69) is 55.4 Å². The molecule has 3 saturated heterocycles. The second-order valence-corrected chi connectivity index (χ2v) is 12.7. The second kappa shape index (κ2) is 10.4. The number of ether oxygens (including phenoxy) is 2. The summed E-state index contributed by atoms with van der Waals surface area (Å²) >= 11 is 0. The van der Waals surface area contributed by atoms with Crippen LogP contribution in [-0.4, -0.2) is 65.0 Å². The quantitative estimate of drug-likeness (QED) is 0.470. The summed E-state index contributed by atoms with van der Waals surface area (Å²) in [6.07, 6.45) is 7.82. The molecule has 4 aliphatic heterocycles. The third-order valence-corrected chi connectivity index (χ3v) is 9.02. The van der Waals surface area contributed by atoms with Crippen LogP contribution in [0.4, 0.5) is 28.2 Å². The van der Waals surface area contributed by atoms with Crippen LogP contribution >= 0.6 is 0 Å². The van der Waals surface area contributed by atoms with E-state index in [1.165, 1.54) is 12.0 Å². The molecule has 2 aromatic rings. The molecule has 0 saturated carbocycles. The van der Waals surface area contributed by atoms with Crippen molar-refractivity contribution in [3.05, 3.63) is 53.4 Å². The monoisotopic (exact) mass is 559 g/mol. The normalized spacial score (nSPS) is 29.4. The molecule has 2 aromatic heterocycles. The van der Waals surface area contributed by atoms with Crippen molar-refractivity contribution in [3.8, 4) is 0 Å². The molecule has 0 unspecified atom stereocenters. The first-order chi connectivity index (χ1) is 19.6. The summed E-state index contributed by atoms with van der Waals surface area (Å²) in [6.45, 7) is 15.7. The number of anilines is 4. The number of aromatic nitrogens is 3.